The molecule has 0 unspecified atom stereocenters. The van der Waals surface area contributed by atoms with Crippen LogP contribution in [-0.4, -0.2) is 24.7 Å². The van der Waals surface area contributed by atoms with Crippen LogP contribution in [0.5, 0.6) is 0 Å². The van der Waals surface area contributed by atoms with Gasteiger partial charge in [-0.2, -0.15) is 0 Å². The van der Waals surface area contributed by atoms with E-state index in [9.17, 15) is 0 Å². The number of halogens is 1. The third-order valence-corrected chi connectivity index (χ3v) is 1.00. The smallest absolute Gasteiger partial charge is 0.0223 e. The summed E-state index contributed by atoms with van der Waals surface area (Å²) in [4.78, 5) is 0. The van der Waals surface area contributed by atoms with Crippen LogP contribution in [0.15, 0.2) is 0 Å². The van der Waals surface area contributed by atoms with E-state index in [1.807, 2.05) is 0 Å². The summed E-state index contributed by atoms with van der Waals surface area (Å²) in [6, 6.07) is 0. The standard InChI is InChI=1S/C5H11Cl.CH8Si2/c1-2-3-4-5-6;1-3-2/h2-5H2,1H3;3H2,1-2H3. The van der Waals surface area contributed by atoms with Crippen LogP contribution in [0.3, 0.4) is 0 Å². The summed E-state index contributed by atoms with van der Waals surface area (Å²) in [5.74, 6) is 0.827. The summed E-state index contributed by atoms with van der Waals surface area (Å²) in [5.41, 5.74) is 0. The van der Waals surface area contributed by atoms with Crippen LogP contribution in [0.4, 0.5) is 0 Å². The molecule has 0 bridgehead atoms. The average molecular weight is 183 g/mol. The molecule has 0 nitrogen and oxygen atoms in total. The van der Waals surface area contributed by atoms with Gasteiger partial charge >= 0.3 is 0 Å². The van der Waals surface area contributed by atoms with Crippen molar-refractivity contribution in [1.29, 1.82) is 0 Å². The van der Waals surface area contributed by atoms with Gasteiger partial charge in [-0.15, -0.1) is 11.6 Å². The van der Waals surface area contributed by atoms with Crippen molar-refractivity contribution in [3.05, 3.63) is 0 Å². The summed E-state index contributed by atoms with van der Waals surface area (Å²) < 4.78 is 0. The second kappa shape index (κ2) is 15.9. The molecule has 0 aromatic rings. The zero-order valence-electron chi connectivity index (χ0n) is 6.91. The van der Waals surface area contributed by atoms with Crippen LogP contribution >= 0.6 is 11.6 Å². The van der Waals surface area contributed by atoms with Crippen molar-refractivity contribution in [2.45, 2.75) is 32.7 Å². The van der Waals surface area contributed by atoms with Crippen molar-refractivity contribution in [3.63, 3.8) is 0 Å². The Hall–Kier alpha value is 0.724. The van der Waals surface area contributed by atoms with Crippen LogP contribution in [0.1, 0.15) is 26.2 Å². The van der Waals surface area contributed by atoms with Crippen molar-refractivity contribution < 1.29 is 0 Å². The van der Waals surface area contributed by atoms with E-state index in [4.69, 9.17) is 11.6 Å². The fourth-order valence-corrected chi connectivity index (χ4v) is 0.533. The first kappa shape index (κ1) is 12.4. The first-order chi connectivity index (χ1) is 4.33. The SMILES string of the molecule is CCCCCCl.C[SiH2][SiH3]. The van der Waals surface area contributed by atoms with E-state index < -0.39 is 0 Å². The lowest BCUT2D eigenvalue weighted by Gasteiger charge is -1.84. The molecular weight excluding hydrogens is 164 g/mol. The number of hydrogen-bond acceptors (Lipinski definition) is 0. The molecule has 0 aliphatic carbocycles. The van der Waals surface area contributed by atoms with Crippen LogP contribution in [0.25, 0.3) is 0 Å². The Morgan fingerprint density at radius 3 is 2.00 bits per heavy atom. The van der Waals surface area contributed by atoms with Crippen molar-refractivity contribution >= 4 is 30.4 Å². The van der Waals surface area contributed by atoms with Gasteiger partial charge < -0.3 is 0 Å². The number of unbranched alkanes of at least 4 members (excludes halogenated alkanes) is 2. The summed E-state index contributed by atoms with van der Waals surface area (Å²) in [6.45, 7) is 4.50. The molecule has 0 fully saturated rings. The quantitative estimate of drug-likeness (QED) is 0.346. The molecule has 0 saturated heterocycles. The van der Waals surface area contributed by atoms with Crippen LogP contribution < -0.4 is 0 Å². The highest BCUT2D eigenvalue weighted by Crippen LogP contribution is 1.93. The van der Waals surface area contributed by atoms with E-state index >= 15 is 0 Å². The highest BCUT2D eigenvalue weighted by Gasteiger charge is 1.76. The van der Waals surface area contributed by atoms with Crippen molar-refractivity contribution in [2.75, 3.05) is 5.88 Å². The number of alkyl halides is 1. The molecule has 0 N–H and O–H groups in total. The van der Waals surface area contributed by atoms with E-state index in [0.717, 1.165) is 5.88 Å². The molecule has 0 heterocycles. The average Bonchev–Trinajstić information content (AvgIpc) is 1.86. The van der Waals surface area contributed by atoms with Gasteiger partial charge in [-0.3, -0.25) is 0 Å². The minimum atomic E-state index is 0.556. The molecule has 0 aliphatic heterocycles. The third kappa shape index (κ3) is 28.4. The molecule has 0 amide bonds. The second-order valence-corrected chi connectivity index (χ2v) is 8.14. The highest BCUT2D eigenvalue weighted by molar-refractivity contribution is 6.88. The first-order valence-electron chi connectivity index (χ1n) is 3.89. The molecule has 0 spiro atoms. The minimum Gasteiger partial charge on any atom is -0.127 e. The molecule has 0 radical (unpaired) electrons. The predicted molar refractivity (Wildman–Crippen MR) is 54.6 cm³/mol. The van der Waals surface area contributed by atoms with Gasteiger partial charge in [-0.25, -0.2) is 0 Å². The number of rotatable bonds is 3. The molecule has 0 atom stereocenters. The van der Waals surface area contributed by atoms with E-state index in [1.54, 1.807) is 0 Å². The molecule has 3 heteroatoms. The van der Waals surface area contributed by atoms with Crippen LogP contribution in [-0.2, 0) is 0 Å². The van der Waals surface area contributed by atoms with Crippen molar-refractivity contribution in [3.8, 4) is 0 Å². The zero-order valence-corrected chi connectivity index (χ0v) is 11.1. The molecular formula is C6H19ClSi2. The summed E-state index contributed by atoms with van der Waals surface area (Å²) in [6.07, 6.45) is 3.73. The Morgan fingerprint density at radius 2 is 1.89 bits per heavy atom. The molecule has 0 rings (SSSR count). The lowest BCUT2D eigenvalue weighted by molar-refractivity contribution is 0.776. The molecule has 9 heavy (non-hydrogen) atoms. The van der Waals surface area contributed by atoms with Crippen molar-refractivity contribution in [2.24, 2.45) is 0 Å². The van der Waals surface area contributed by atoms with E-state index in [-0.39, 0.29) is 0 Å². The molecule has 0 aromatic heterocycles. The Labute approximate surface area is 69.4 Å². The van der Waals surface area contributed by atoms with Crippen LogP contribution in [0, 0.1) is 0 Å². The number of hydrogen-bond donors (Lipinski definition) is 0. The van der Waals surface area contributed by atoms with Gasteiger partial charge in [0.25, 0.3) is 0 Å². The Balaban J connectivity index is 0. The van der Waals surface area contributed by atoms with E-state index in [2.05, 4.69) is 13.5 Å². The van der Waals surface area contributed by atoms with Crippen LogP contribution in [0.2, 0.25) is 6.55 Å². The first-order valence-corrected chi connectivity index (χ1v) is 11.5. The zero-order chi connectivity index (χ0) is 7.54. The third-order valence-electron chi connectivity index (χ3n) is 0.737. The van der Waals surface area contributed by atoms with Gasteiger partial charge in [0, 0.05) is 14.9 Å². The maximum Gasteiger partial charge on any atom is 0.0223 e. The Bertz CT molecular complexity index is 30.2. The fourth-order valence-electron chi connectivity index (χ4n) is 0.344. The molecule has 58 valence electrons. The maximum absolute atomic E-state index is 5.38. The summed E-state index contributed by atoms with van der Waals surface area (Å²) in [5, 5.41) is 0. The van der Waals surface area contributed by atoms with Gasteiger partial charge in [0.15, 0.2) is 0 Å². The van der Waals surface area contributed by atoms with E-state index in [1.165, 1.54) is 29.0 Å². The van der Waals surface area contributed by atoms with Crippen molar-refractivity contribution in [1.82, 2.24) is 0 Å². The fraction of sp³-hybridized carbons (Fsp3) is 1.00. The normalized spacial score (nSPS) is 9.67. The maximum atomic E-state index is 5.38. The second-order valence-electron chi connectivity index (χ2n) is 2.10. The summed E-state index contributed by atoms with van der Waals surface area (Å²) in [7, 11) is 2.06. The van der Waals surface area contributed by atoms with Gasteiger partial charge in [-0.1, -0.05) is 26.3 Å². The van der Waals surface area contributed by atoms with Gasteiger partial charge in [0.1, 0.15) is 0 Å². The van der Waals surface area contributed by atoms with Gasteiger partial charge in [0.05, 0.1) is 0 Å². The lowest BCUT2D eigenvalue weighted by atomic mass is 10.3. The highest BCUT2D eigenvalue weighted by atomic mass is 35.5. The molecule has 0 saturated carbocycles. The van der Waals surface area contributed by atoms with Gasteiger partial charge in [-0.05, 0) is 16.2 Å². The largest absolute Gasteiger partial charge is 0.127 e. The summed E-state index contributed by atoms with van der Waals surface area (Å²) >= 11 is 5.38. The Morgan fingerprint density at radius 1 is 1.44 bits per heavy atom. The predicted octanol–water partition coefficient (Wildman–Crippen LogP) is 0.899. The minimum absolute atomic E-state index is 0.556. The topological polar surface area (TPSA) is 0 Å². The van der Waals surface area contributed by atoms with E-state index in [0.29, 0.717) is 9.04 Å². The monoisotopic (exact) mass is 182 g/mol. The van der Waals surface area contributed by atoms with Gasteiger partial charge in [0.2, 0.25) is 0 Å². The molecule has 0 aliphatic rings. The lowest BCUT2D eigenvalue weighted by Crippen LogP contribution is -1.70. The Kier molecular flexibility index (Phi) is 21.9. The molecule has 0 aromatic carbocycles.